The number of rotatable bonds is 4. The van der Waals surface area contributed by atoms with E-state index < -0.39 is 0 Å². The van der Waals surface area contributed by atoms with Crippen molar-refractivity contribution in [3.63, 3.8) is 0 Å². The summed E-state index contributed by atoms with van der Waals surface area (Å²) in [4.78, 5) is 4.27. The van der Waals surface area contributed by atoms with Gasteiger partial charge in [0, 0.05) is 65.8 Å². The van der Waals surface area contributed by atoms with Crippen molar-refractivity contribution in [2.45, 2.75) is 52.4 Å². The van der Waals surface area contributed by atoms with Crippen LogP contribution in [0.15, 0.2) is 58.7 Å². The van der Waals surface area contributed by atoms with Crippen LogP contribution in [0.3, 0.4) is 0 Å². The molecule has 40 heavy (non-hydrogen) atoms. The van der Waals surface area contributed by atoms with E-state index in [1.807, 2.05) is 38.1 Å². The molecule has 0 amide bonds. The third-order valence-corrected chi connectivity index (χ3v) is 7.19. The molecule has 0 aromatic heterocycles. The van der Waals surface area contributed by atoms with Crippen LogP contribution in [0.25, 0.3) is 10.9 Å². The first-order chi connectivity index (χ1) is 18.4. The number of benzene rings is 2. The van der Waals surface area contributed by atoms with Gasteiger partial charge in [0.2, 0.25) is 0 Å². The molecule has 2 heterocycles. The molecule has 2 saturated heterocycles. The molecule has 0 spiro atoms. The van der Waals surface area contributed by atoms with Crippen molar-refractivity contribution in [1.29, 1.82) is 0 Å². The molecule has 0 aliphatic carbocycles. The summed E-state index contributed by atoms with van der Waals surface area (Å²) in [7, 11) is 0. The van der Waals surface area contributed by atoms with E-state index in [1.54, 1.807) is 24.3 Å². The van der Waals surface area contributed by atoms with Crippen molar-refractivity contribution in [1.82, 2.24) is 9.80 Å². The number of phenols is 2. The minimum absolute atomic E-state index is 0. The second kappa shape index (κ2) is 19.3. The molecular weight excluding hydrogens is 644 g/mol. The van der Waals surface area contributed by atoms with Crippen LogP contribution in [-0.2, 0) is 58.6 Å². The third-order valence-electron chi connectivity index (χ3n) is 6.44. The molecule has 0 atom stereocenters. The molecule has 2 fully saturated rings. The van der Waals surface area contributed by atoms with Crippen LogP contribution in [0.1, 0.15) is 63.5 Å². The van der Waals surface area contributed by atoms with E-state index in [9.17, 15) is 10.2 Å². The maximum atomic E-state index is 9.74. The Hall–Kier alpha value is -1.88. The van der Waals surface area contributed by atoms with E-state index >= 15 is 0 Å². The monoisotopic (exact) mass is 680 g/mol. The van der Waals surface area contributed by atoms with Crippen LogP contribution in [0.5, 0.6) is 11.5 Å². The van der Waals surface area contributed by atoms with Gasteiger partial charge in [-0.05, 0) is 63.8 Å². The SMILES string of the molecule is CC(=N[N-]C(=[SH+])N1CCCCC1)c1ccccc1O.CC(=N[N-]C(=[SH+])N1CCCCC1)c1ccccc1O.[Cu+2].[Cu]. The predicted molar refractivity (Wildman–Crippen MR) is 166 cm³/mol. The summed E-state index contributed by atoms with van der Waals surface area (Å²) >= 11 is 8.78. The topological polar surface area (TPSA) is 99.9 Å². The minimum atomic E-state index is 0. The summed E-state index contributed by atoms with van der Waals surface area (Å²) in [6.07, 6.45) is 7.28. The number of piperidine rings is 2. The molecule has 224 valence electrons. The van der Waals surface area contributed by atoms with Gasteiger partial charge < -0.3 is 31.3 Å². The number of likely N-dealkylation sites (tertiary alicyclic amines) is 2. The normalized spacial score (nSPS) is 16.4. The van der Waals surface area contributed by atoms with Crippen molar-refractivity contribution in [3.8, 4) is 11.5 Å². The molecule has 0 unspecified atom stereocenters. The zero-order valence-corrected chi connectivity index (χ0v) is 26.4. The molecule has 2 aromatic carbocycles. The zero-order valence-electron chi connectivity index (χ0n) is 22.8. The van der Waals surface area contributed by atoms with Crippen LogP contribution >= 0.6 is 0 Å². The number of nitrogens with zero attached hydrogens (tertiary/aromatic N) is 6. The summed E-state index contributed by atoms with van der Waals surface area (Å²) < 4.78 is 0. The summed E-state index contributed by atoms with van der Waals surface area (Å²) in [6, 6.07) is 14.2. The Kier molecular flexibility index (Phi) is 17.4. The number of hydrogen-bond donors (Lipinski definition) is 2. The molecule has 2 aliphatic heterocycles. The Morgan fingerprint density at radius 2 is 0.975 bits per heavy atom. The standard InChI is InChI=1S/2C14H19N3OS.2Cu/c2*1-11(12-7-3-4-8-13(12)18)15-16-14(19)17-9-5-2-6-10-17;;/h2*3-4,7-8H,2,5-6,9-10H2,1H3,(H2,15,16,18,19);;/q;;;+2. The van der Waals surface area contributed by atoms with Gasteiger partial charge in [-0.25, -0.2) is 9.80 Å². The van der Waals surface area contributed by atoms with Gasteiger partial charge in [0.25, 0.3) is 0 Å². The summed E-state index contributed by atoms with van der Waals surface area (Å²) in [5.41, 5.74) is 11.1. The van der Waals surface area contributed by atoms with Crippen molar-refractivity contribution >= 4 is 46.1 Å². The van der Waals surface area contributed by atoms with Crippen LogP contribution in [0.4, 0.5) is 0 Å². The zero-order chi connectivity index (χ0) is 27.3. The Balaban J connectivity index is 0.000000381. The van der Waals surface area contributed by atoms with Crippen LogP contribution in [0, 0.1) is 0 Å². The van der Waals surface area contributed by atoms with E-state index in [4.69, 9.17) is 0 Å². The quantitative estimate of drug-likeness (QED) is 0.122. The predicted octanol–water partition coefficient (Wildman–Crippen LogP) is 4.68. The first-order valence-corrected chi connectivity index (χ1v) is 14.0. The number of hydrogen-bond acceptors (Lipinski definition) is 4. The molecule has 2 aliphatic rings. The summed E-state index contributed by atoms with van der Waals surface area (Å²) in [5.74, 6) is 0.440. The maximum absolute atomic E-state index is 9.74. The summed E-state index contributed by atoms with van der Waals surface area (Å²) in [6.45, 7) is 7.63. The number of aromatic hydroxyl groups is 2. The van der Waals surface area contributed by atoms with Crippen molar-refractivity contribution in [2.24, 2.45) is 10.2 Å². The fourth-order valence-electron chi connectivity index (χ4n) is 4.22. The van der Waals surface area contributed by atoms with Gasteiger partial charge in [0.1, 0.15) is 11.5 Å². The van der Waals surface area contributed by atoms with Gasteiger partial charge in [-0.1, -0.05) is 37.1 Å². The van der Waals surface area contributed by atoms with E-state index in [-0.39, 0.29) is 45.6 Å². The summed E-state index contributed by atoms with van der Waals surface area (Å²) in [5, 5.41) is 29.1. The smallest absolute Gasteiger partial charge is 0.515 e. The van der Waals surface area contributed by atoms with E-state index in [0.717, 1.165) is 26.2 Å². The molecule has 2 aromatic rings. The van der Waals surface area contributed by atoms with Crippen LogP contribution < -0.4 is 0 Å². The first kappa shape index (κ1) is 36.1. The Morgan fingerprint density at radius 3 is 1.30 bits per heavy atom. The number of para-hydroxylation sites is 2. The molecule has 0 saturated carbocycles. The third kappa shape index (κ3) is 11.5. The van der Waals surface area contributed by atoms with Crippen molar-refractivity contribution in [2.75, 3.05) is 26.2 Å². The second-order valence-electron chi connectivity index (χ2n) is 9.30. The Bertz CT molecular complexity index is 1060. The van der Waals surface area contributed by atoms with Gasteiger partial charge in [-0.2, -0.15) is 0 Å². The first-order valence-electron chi connectivity index (χ1n) is 13.1. The van der Waals surface area contributed by atoms with Crippen molar-refractivity contribution in [3.05, 3.63) is 70.5 Å². The molecule has 8 nitrogen and oxygen atoms in total. The largest absolute Gasteiger partial charge is 2.00 e. The fraction of sp³-hybridized carbons (Fsp3) is 0.429. The van der Waals surface area contributed by atoms with E-state index in [2.05, 4.69) is 55.3 Å². The van der Waals surface area contributed by atoms with E-state index in [1.165, 1.54) is 38.5 Å². The van der Waals surface area contributed by atoms with Gasteiger partial charge in [-0.15, -0.1) is 0 Å². The fourth-order valence-corrected chi connectivity index (χ4v) is 4.71. The van der Waals surface area contributed by atoms with Gasteiger partial charge in [-0.3, -0.25) is 0 Å². The van der Waals surface area contributed by atoms with Gasteiger partial charge in [0.05, 0.1) is 0 Å². The van der Waals surface area contributed by atoms with Gasteiger partial charge in [0.15, 0.2) is 34.7 Å². The molecule has 2 N–H and O–H groups in total. The maximum Gasteiger partial charge on any atom is 2.00 e. The van der Waals surface area contributed by atoms with Crippen molar-refractivity contribution < 1.29 is 44.4 Å². The molecule has 4 rings (SSSR count). The Morgan fingerprint density at radius 1 is 0.650 bits per heavy atom. The molecular formula is C28H38Cu2N6O2S2+2. The average molecular weight is 682 g/mol. The van der Waals surface area contributed by atoms with E-state index in [0.29, 0.717) is 32.8 Å². The molecule has 12 heteroatoms. The Labute approximate surface area is 269 Å². The molecule has 0 bridgehead atoms. The van der Waals surface area contributed by atoms with Gasteiger partial charge >= 0.3 is 17.1 Å². The molecule has 2 radical (unpaired) electrons. The van der Waals surface area contributed by atoms with Crippen LogP contribution in [-0.4, -0.2) is 67.8 Å². The second-order valence-corrected chi connectivity index (χ2v) is 10.1. The number of phenolic OH excluding ortho intramolecular Hbond substituents is 2. The number of thiol groups is 2. The van der Waals surface area contributed by atoms with Crippen LogP contribution in [0.2, 0.25) is 0 Å². The minimum Gasteiger partial charge on any atom is -0.515 e. The average Bonchev–Trinajstić information content (AvgIpc) is 2.96.